The van der Waals surface area contributed by atoms with E-state index in [1.807, 2.05) is 11.8 Å². The summed E-state index contributed by atoms with van der Waals surface area (Å²) in [5.74, 6) is 1.92. The number of aryl methyl sites for hydroxylation is 1. The highest BCUT2D eigenvalue weighted by Gasteiger charge is 2.16. The minimum atomic E-state index is 0.124. The summed E-state index contributed by atoms with van der Waals surface area (Å²) in [5, 5.41) is 3.06. The third-order valence-electron chi connectivity index (χ3n) is 3.24. The van der Waals surface area contributed by atoms with Gasteiger partial charge in [-0.1, -0.05) is 0 Å². The number of aromatic nitrogens is 2. The van der Waals surface area contributed by atoms with Gasteiger partial charge in [-0.2, -0.15) is 4.98 Å². The highest BCUT2D eigenvalue weighted by atomic mass is 16.5. The molecule has 1 saturated heterocycles. The van der Waals surface area contributed by atoms with Crippen LogP contribution in [0.2, 0.25) is 0 Å². The molecule has 6 nitrogen and oxygen atoms in total. The lowest BCUT2D eigenvalue weighted by molar-refractivity contribution is -0.130. The normalized spacial score (nSPS) is 15.0. The number of carbonyl (C=O) groups excluding carboxylic acids is 1. The molecule has 1 aromatic heterocycles. The molecule has 1 aliphatic heterocycles. The molecule has 0 atom stereocenters. The number of hydrogen-bond acceptors (Lipinski definition) is 5. The van der Waals surface area contributed by atoms with Crippen LogP contribution in [-0.2, 0) is 4.79 Å². The van der Waals surface area contributed by atoms with Gasteiger partial charge in [0.25, 0.3) is 0 Å². The first-order chi connectivity index (χ1) is 9.69. The fourth-order valence-electron chi connectivity index (χ4n) is 2.27. The van der Waals surface area contributed by atoms with Crippen molar-refractivity contribution in [2.24, 2.45) is 0 Å². The molecule has 1 fully saturated rings. The Bertz CT molecular complexity index is 458. The Labute approximate surface area is 119 Å². The Morgan fingerprint density at radius 1 is 1.35 bits per heavy atom. The second-order valence-electron chi connectivity index (χ2n) is 4.87. The molecule has 2 rings (SSSR count). The number of ether oxygens (including phenoxy) is 1. The summed E-state index contributed by atoms with van der Waals surface area (Å²) in [6, 6.07) is 1.72. The van der Waals surface area contributed by atoms with Gasteiger partial charge in [-0.15, -0.1) is 0 Å². The minimum Gasteiger partial charge on any atom is -0.478 e. The van der Waals surface area contributed by atoms with Gasteiger partial charge in [-0.05, 0) is 33.1 Å². The van der Waals surface area contributed by atoms with E-state index in [0.29, 0.717) is 24.1 Å². The zero-order valence-electron chi connectivity index (χ0n) is 12.2. The predicted molar refractivity (Wildman–Crippen MR) is 76.9 cm³/mol. The van der Waals surface area contributed by atoms with Crippen LogP contribution >= 0.6 is 0 Å². The maximum Gasteiger partial charge on any atom is 0.241 e. The van der Waals surface area contributed by atoms with Crippen molar-refractivity contribution in [3.05, 3.63) is 11.9 Å². The molecule has 1 aromatic rings. The van der Waals surface area contributed by atoms with E-state index in [1.165, 1.54) is 6.42 Å². The number of piperidine rings is 1. The third-order valence-corrected chi connectivity index (χ3v) is 3.24. The zero-order valence-corrected chi connectivity index (χ0v) is 12.2. The van der Waals surface area contributed by atoms with E-state index in [4.69, 9.17) is 4.74 Å². The van der Waals surface area contributed by atoms with Crippen LogP contribution in [0.3, 0.4) is 0 Å². The van der Waals surface area contributed by atoms with Crippen LogP contribution in [0, 0.1) is 6.92 Å². The largest absolute Gasteiger partial charge is 0.478 e. The molecule has 1 N–H and O–H groups in total. The third kappa shape index (κ3) is 4.08. The van der Waals surface area contributed by atoms with Gasteiger partial charge in [0, 0.05) is 19.2 Å². The molecule has 0 unspecified atom stereocenters. The van der Waals surface area contributed by atoms with Crippen molar-refractivity contribution >= 4 is 11.7 Å². The van der Waals surface area contributed by atoms with Gasteiger partial charge in [0.15, 0.2) is 0 Å². The van der Waals surface area contributed by atoms with Crippen molar-refractivity contribution < 1.29 is 9.53 Å². The lowest BCUT2D eigenvalue weighted by atomic mass is 10.1. The van der Waals surface area contributed by atoms with E-state index in [9.17, 15) is 4.79 Å². The second-order valence-corrected chi connectivity index (χ2v) is 4.87. The standard InChI is InChI=1S/C14H22N4O2/c1-3-20-13-9-12(16-11(2)17-13)15-10-14(19)18-7-5-4-6-8-18/h9H,3-8,10H2,1-2H3,(H,15,16,17). The molecule has 0 bridgehead atoms. The second kappa shape index (κ2) is 7.07. The van der Waals surface area contributed by atoms with Gasteiger partial charge < -0.3 is 15.0 Å². The fraction of sp³-hybridized carbons (Fsp3) is 0.643. The summed E-state index contributed by atoms with van der Waals surface area (Å²) in [7, 11) is 0. The van der Waals surface area contributed by atoms with Gasteiger partial charge in [-0.3, -0.25) is 4.79 Å². The van der Waals surface area contributed by atoms with Crippen molar-refractivity contribution in [3.8, 4) is 5.88 Å². The highest BCUT2D eigenvalue weighted by molar-refractivity contribution is 5.80. The molecule has 2 heterocycles. The van der Waals surface area contributed by atoms with E-state index in [1.54, 1.807) is 13.0 Å². The van der Waals surface area contributed by atoms with Crippen LogP contribution in [0.5, 0.6) is 5.88 Å². The Kier molecular flexibility index (Phi) is 5.15. The van der Waals surface area contributed by atoms with Gasteiger partial charge in [0.05, 0.1) is 13.2 Å². The maximum atomic E-state index is 12.1. The van der Waals surface area contributed by atoms with Crippen LogP contribution in [-0.4, -0.2) is 47.0 Å². The summed E-state index contributed by atoms with van der Waals surface area (Å²) in [6.07, 6.45) is 3.43. The van der Waals surface area contributed by atoms with Crippen LogP contribution in [0.1, 0.15) is 32.0 Å². The van der Waals surface area contributed by atoms with E-state index >= 15 is 0 Å². The molecule has 1 amide bonds. The molecule has 0 aromatic carbocycles. The Hall–Kier alpha value is -1.85. The molecular weight excluding hydrogens is 256 g/mol. The van der Waals surface area contributed by atoms with Crippen LogP contribution in [0.25, 0.3) is 0 Å². The van der Waals surface area contributed by atoms with Gasteiger partial charge >= 0.3 is 0 Å². The average Bonchev–Trinajstić information content (AvgIpc) is 2.45. The fourth-order valence-corrected chi connectivity index (χ4v) is 2.27. The minimum absolute atomic E-state index is 0.124. The van der Waals surface area contributed by atoms with Gasteiger partial charge in [-0.25, -0.2) is 4.98 Å². The van der Waals surface area contributed by atoms with Crippen LogP contribution in [0.15, 0.2) is 6.07 Å². The number of nitrogens with one attached hydrogen (secondary N) is 1. The summed E-state index contributed by atoms with van der Waals surface area (Å²) < 4.78 is 5.36. The maximum absolute atomic E-state index is 12.1. The first-order valence-corrected chi connectivity index (χ1v) is 7.19. The number of likely N-dealkylation sites (tertiary alicyclic amines) is 1. The molecule has 0 radical (unpaired) electrons. The summed E-state index contributed by atoms with van der Waals surface area (Å²) in [5.41, 5.74) is 0. The highest BCUT2D eigenvalue weighted by Crippen LogP contribution is 2.14. The smallest absolute Gasteiger partial charge is 0.241 e. The number of hydrogen-bond donors (Lipinski definition) is 1. The quantitative estimate of drug-likeness (QED) is 0.886. The molecule has 6 heteroatoms. The number of carbonyl (C=O) groups is 1. The van der Waals surface area contributed by atoms with E-state index < -0.39 is 0 Å². The lowest BCUT2D eigenvalue weighted by Crippen LogP contribution is -2.39. The molecule has 0 saturated carbocycles. The Balaban J connectivity index is 1.90. The van der Waals surface area contributed by atoms with Crippen molar-refractivity contribution in [1.82, 2.24) is 14.9 Å². The first kappa shape index (κ1) is 14.6. The van der Waals surface area contributed by atoms with Crippen molar-refractivity contribution in [3.63, 3.8) is 0 Å². The van der Waals surface area contributed by atoms with Crippen molar-refractivity contribution in [2.75, 3.05) is 31.6 Å². The first-order valence-electron chi connectivity index (χ1n) is 7.19. The number of anilines is 1. The zero-order chi connectivity index (χ0) is 14.4. The summed E-state index contributed by atoms with van der Waals surface area (Å²) >= 11 is 0. The lowest BCUT2D eigenvalue weighted by Gasteiger charge is -2.26. The number of rotatable bonds is 5. The van der Waals surface area contributed by atoms with E-state index in [0.717, 1.165) is 25.9 Å². The number of amides is 1. The molecule has 110 valence electrons. The SMILES string of the molecule is CCOc1cc(NCC(=O)N2CCCCC2)nc(C)n1. The molecule has 0 aliphatic carbocycles. The number of nitrogens with zero attached hydrogens (tertiary/aromatic N) is 3. The van der Waals surface area contributed by atoms with E-state index in [2.05, 4.69) is 15.3 Å². The Morgan fingerprint density at radius 2 is 2.10 bits per heavy atom. The monoisotopic (exact) mass is 278 g/mol. The molecule has 0 spiro atoms. The van der Waals surface area contributed by atoms with Crippen LogP contribution < -0.4 is 10.1 Å². The molecule has 20 heavy (non-hydrogen) atoms. The van der Waals surface area contributed by atoms with Crippen molar-refractivity contribution in [2.45, 2.75) is 33.1 Å². The summed E-state index contributed by atoms with van der Waals surface area (Å²) in [4.78, 5) is 22.4. The van der Waals surface area contributed by atoms with Crippen molar-refractivity contribution in [1.29, 1.82) is 0 Å². The van der Waals surface area contributed by atoms with Gasteiger partial charge in [0.1, 0.15) is 11.6 Å². The Morgan fingerprint density at radius 3 is 2.80 bits per heavy atom. The average molecular weight is 278 g/mol. The van der Waals surface area contributed by atoms with Crippen LogP contribution in [0.4, 0.5) is 5.82 Å². The van der Waals surface area contributed by atoms with E-state index in [-0.39, 0.29) is 12.5 Å². The molecular formula is C14H22N4O2. The predicted octanol–water partition coefficient (Wildman–Crippen LogP) is 1.61. The molecule has 1 aliphatic rings. The topological polar surface area (TPSA) is 67.3 Å². The van der Waals surface area contributed by atoms with Gasteiger partial charge in [0.2, 0.25) is 11.8 Å². The summed E-state index contributed by atoms with van der Waals surface area (Å²) in [6.45, 7) is 6.27.